The molecule has 0 aliphatic rings. The molecule has 2 aromatic rings. The first-order chi connectivity index (χ1) is 9.65. The van der Waals surface area contributed by atoms with Gasteiger partial charge >= 0.3 is 0 Å². The third-order valence-corrected chi connectivity index (χ3v) is 2.44. The minimum atomic E-state index is 0.168. The molecule has 3 heteroatoms. The highest BCUT2D eigenvalue weighted by Crippen LogP contribution is 2.31. The zero-order valence-corrected chi connectivity index (χ0v) is 13.5. The summed E-state index contributed by atoms with van der Waals surface area (Å²) in [5.41, 5.74) is 1.07. The Kier molecular flexibility index (Phi) is 9.31. The third kappa shape index (κ3) is 5.98. The van der Waals surface area contributed by atoms with Crippen LogP contribution in [0.15, 0.2) is 42.5 Å². The van der Waals surface area contributed by atoms with E-state index in [4.69, 9.17) is 16.3 Å². The Balaban J connectivity index is 0.000000829. The van der Waals surface area contributed by atoms with E-state index in [0.717, 1.165) is 5.56 Å². The number of aromatic hydroxyl groups is 1. The van der Waals surface area contributed by atoms with E-state index in [-0.39, 0.29) is 5.75 Å². The van der Waals surface area contributed by atoms with E-state index in [1.54, 1.807) is 30.3 Å². The van der Waals surface area contributed by atoms with Crippen molar-refractivity contribution in [2.75, 3.05) is 0 Å². The summed E-state index contributed by atoms with van der Waals surface area (Å²) in [7, 11) is 0. The Bertz CT molecular complexity index is 510. The predicted molar refractivity (Wildman–Crippen MR) is 87.1 cm³/mol. The summed E-state index contributed by atoms with van der Waals surface area (Å²) in [5, 5.41) is 9.85. The van der Waals surface area contributed by atoms with Gasteiger partial charge in [0.15, 0.2) is 0 Å². The van der Waals surface area contributed by atoms with Crippen molar-refractivity contribution >= 4 is 11.6 Å². The number of phenols is 1. The summed E-state index contributed by atoms with van der Waals surface area (Å²) in [6.07, 6.45) is 0. The molecule has 0 amide bonds. The molecule has 0 saturated heterocycles. The molecule has 2 nitrogen and oxygen atoms in total. The molecule has 0 heterocycles. The highest BCUT2D eigenvalue weighted by Gasteiger charge is 2.03. The summed E-state index contributed by atoms with van der Waals surface area (Å²) < 4.78 is 5.58. The molecule has 0 atom stereocenters. The van der Waals surface area contributed by atoms with Gasteiger partial charge < -0.3 is 9.84 Å². The highest BCUT2D eigenvalue weighted by atomic mass is 35.5. The topological polar surface area (TPSA) is 29.5 Å². The Morgan fingerprint density at radius 1 is 0.950 bits per heavy atom. The number of ether oxygens (including phenoxy) is 1. The van der Waals surface area contributed by atoms with Crippen LogP contribution in [-0.4, -0.2) is 5.11 Å². The van der Waals surface area contributed by atoms with Gasteiger partial charge in [-0.3, -0.25) is 0 Å². The molecule has 0 saturated carbocycles. The van der Waals surface area contributed by atoms with Crippen LogP contribution in [0.4, 0.5) is 0 Å². The number of rotatable bonds is 2. The summed E-state index contributed by atoms with van der Waals surface area (Å²) in [6, 6.07) is 12.2. The van der Waals surface area contributed by atoms with E-state index in [0.29, 0.717) is 16.5 Å². The number of hydrogen-bond donors (Lipinski definition) is 1. The monoisotopic (exact) mass is 294 g/mol. The SMILES string of the molecule is CC.CC.Cc1ccc(Cl)c(Oc2cccc(O)c2)c1. The van der Waals surface area contributed by atoms with Crippen LogP contribution in [0.25, 0.3) is 0 Å². The molecule has 0 aliphatic heterocycles. The molecule has 0 aliphatic carbocycles. The van der Waals surface area contributed by atoms with Crippen LogP contribution in [0.5, 0.6) is 17.2 Å². The van der Waals surface area contributed by atoms with Gasteiger partial charge in [0.1, 0.15) is 17.2 Å². The van der Waals surface area contributed by atoms with Crippen LogP contribution in [-0.2, 0) is 0 Å². The maximum Gasteiger partial charge on any atom is 0.146 e. The normalized spacial score (nSPS) is 8.70. The van der Waals surface area contributed by atoms with Crippen LogP contribution in [0.2, 0.25) is 5.02 Å². The van der Waals surface area contributed by atoms with Gasteiger partial charge in [-0.1, -0.05) is 51.4 Å². The van der Waals surface area contributed by atoms with Gasteiger partial charge in [-0.05, 0) is 36.8 Å². The van der Waals surface area contributed by atoms with Gasteiger partial charge in [-0.25, -0.2) is 0 Å². The summed E-state index contributed by atoms with van der Waals surface area (Å²) in [4.78, 5) is 0. The fraction of sp³-hybridized carbons (Fsp3) is 0.294. The Morgan fingerprint density at radius 2 is 1.60 bits per heavy atom. The minimum Gasteiger partial charge on any atom is -0.508 e. The molecule has 2 rings (SSSR count). The maximum atomic E-state index is 9.30. The first-order valence-electron chi connectivity index (χ1n) is 6.88. The molecule has 0 aromatic heterocycles. The molecule has 2 aromatic carbocycles. The van der Waals surface area contributed by atoms with Crippen molar-refractivity contribution in [2.24, 2.45) is 0 Å². The van der Waals surface area contributed by atoms with Crippen molar-refractivity contribution in [3.63, 3.8) is 0 Å². The average molecular weight is 295 g/mol. The highest BCUT2D eigenvalue weighted by molar-refractivity contribution is 6.32. The van der Waals surface area contributed by atoms with Gasteiger partial charge in [-0.15, -0.1) is 0 Å². The smallest absolute Gasteiger partial charge is 0.146 e. The van der Waals surface area contributed by atoms with Gasteiger partial charge in [0.25, 0.3) is 0 Å². The largest absolute Gasteiger partial charge is 0.508 e. The Hall–Kier alpha value is -1.67. The Morgan fingerprint density at radius 3 is 2.20 bits per heavy atom. The number of hydrogen-bond acceptors (Lipinski definition) is 2. The van der Waals surface area contributed by atoms with Crippen LogP contribution in [0.1, 0.15) is 33.3 Å². The standard InChI is InChI=1S/C13H11ClO2.2C2H6/c1-9-5-6-12(14)13(7-9)16-11-4-2-3-10(15)8-11;2*1-2/h2-8,15H,1H3;2*1-2H3. The van der Waals surface area contributed by atoms with Gasteiger partial charge in [0.2, 0.25) is 0 Å². The minimum absolute atomic E-state index is 0.168. The van der Waals surface area contributed by atoms with E-state index >= 15 is 0 Å². The number of aryl methyl sites for hydroxylation is 1. The van der Waals surface area contributed by atoms with Crippen molar-refractivity contribution in [3.05, 3.63) is 53.1 Å². The lowest BCUT2D eigenvalue weighted by molar-refractivity contribution is 0.455. The fourth-order valence-corrected chi connectivity index (χ4v) is 1.52. The molecule has 0 bridgehead atoms. The first-order valence-corrected chi connectivity index (χ1v) is 7.26. The van der Waals surface area contributed by atoms with Crippen molar-refractivity contribution in [2.45, 2.75) is 34.6 Å². The molecule has 0 spiro atoms. The van der Waals surface area contributed by atoms with E-state index in [9.17, 15) is 5.11 Å². The molecule has 110 valence electrons. The third-order valence-electron chi connectivity index (χ3n) is 2.13. The summed E-state index contributed by atoms with van der Waals surface area (Å²) in [5.74, 6) is 1.32. The zero-order valence-electron chi connectivity index (χ0n) is 12.8. The number of benzene rings is 2. The lowest BCUT2D eigenvalue weighted by Gasteiger charge is -2.08. The number of phenolic OH excluding ortho intramolecular Hbond substituents is 1. The average Bonchev–Trinajstić information content (AvgIpc) is 2.47. The Labute approximate surface area is 127 Å². The molecule has 1 N–H and O–H groups in total. The van der Waals surface area contributed by atoms with Crippen molar-refractivity contribution in [1.29, 1.82) is 0 Å². The maximum absolute atomic E-state index is 9.30. The molecule has 0 fully saturated rings. The number of halogens is 1. The lowest BCUT2D eigenvalue weighted by atomic mass is 10.2. The van der Waals surface area contributed by atoms with Crippen molar-refractivity contribution in [3.8, 4) is 17.2 Å². The van der Waals surface area contributed by atoms with E-state index in [1.807, 2.05) is 46.8 Å². The second-order valence-corrected chi connectivity index (χ2v) is 3.94. The van der Waals surface area contributed by atoms with E-state index in [2.05, 4.69) is 0 Å². The predicted octanol–water partition coefficient (Wildman–Crippen LogP) is 6.20. The van der Waals surface area contributed by atoms with Crippen LogP contribution in [0.3, 0.4) is 0 Å². The first kappa shape index (κ1) is 18.3. The quantitative estimate of drug-likeness (QED) is 0.714. The summed E-state index contributed by atoms with van der Waals surface area (Å²) >= 11 is 6.00. The van der Waals surface area contributed by atoms with Gasteiger partial charge in [0.05, 0.1) is 5.02 Å². The lowest BCUT2D eigenvalue weighted by Crippen LogP contribution is -1.85. The molecule has 20 heavy (non-hydrogen) atoms. The van der Waals surface area contributed by atoms with Gasteiger partial charge in [0, 0.05) is 6.07 Å². The van der Waals surface area contributed by atoms with Crippen LogP contribution < -0.4 is 4.74 Å². The zero-order chi connectivity index (χ0) is 15.5. The fourth-order valence-electron chi connectivity index (χ4n) is 1.36. The van der Waals surface area contributed by atoms with Crippen molar-refractivity contribution < 1.29 is 9.84 Å². The molecular formula is C17H23ClO2. The summed E-state index contributed by atoms with van der Waals surface area (Å²) in [6.45, 7) is 9.96. The second-order valence-electron chi connectivity index (χ2n) is 3.53. The van der Waals surface area contributed by atoms with E-state index in [1.165, 1.54) is 0 Å². The van der Waals surface area contributed by atoms with Crippen LogP contribution >= 0.6 is 11.6 Å². The second kappa shape index (κ2) is 10.2. The van der Waals surface area contributed by atoms with Crippen LogP contribution in [0, 0.1) is 6.92 Å². The van der Waals surface area contributed by atoms with Gasteiger partial charge in [-0.2, -0.15) is 0 Å². The molecular weight excluding hydrogens is 272 g/mol. The molecule has 0 radical (unpaired) electrons. The molecule has 0 unspecified atom stereocenters. The van der Waals surface area contributed by atoms with E-state index < -0.39 is 0 Å². The van der Waals surface area contributed by atoms with Crippen molar-refractivity contribution in [1.82, 2.24) is 0 Å².